The molecular weight excluding hydrogens is 276 g/mol. The fourth-order valence-corrected chi connectivity index (χ4v) is 1.52. The van der Waals surface area contributed by atoms with E-state index in [9.17, 15) is 8.78 Å². The highest BCUT2D eigenvalue weighted by atomic mass is 35.5. The van der Waals surface area contributed by atoms with Gasteiger partial charge in [-0.1, -0.05) is 11.6 Å². The molecule has 0 spiro atoms. The number of rotatable bonds is 5. The molecule has 0 unspecified atom stereocenters. The number of ether oxygens (including phenoxy) is 1. The molecule has 0 aliphatic heterocycles. The molecule has 0 saturated carbocycles. The van der Waals surface area contributed by atoms with E-state index in [1.54, 1.807) is 0 Å². The fourth-order valence-electron chi connectivity index (χ4n) is 1.35. The van der Waals surface area contributed by atoms with E-state index in [4.69, 9.17) is 16.3 Å². The van der Waals surface area contributed by atoms with Gasteiger partial charge in [0.05, 0.1) is 12.7 Å². The van der Waals surface area contributed by atoms with Crippen LogP contribution in [0.4, 0.5) is 14.6 Å². The SMILES string of the molecule is Fc1ccc(OCCNc2ncncc2Cl)cc1F. The van der Waals surface area contributed by atoms with Crippen molar-refractivity contribution in [2.75, 3.05) is 18.5 Å². The Labute approximate surface area is 113 Å². The summed E-state index contributed by atoms with van der Waals surface area (Å²) >= 11 is 5.84. The molecule has 2 rings (SSSR count). The van der Waals surface area contributed by atoms with Gasteiger partial charge in [-0.3, -0.25) is 0 Å². The van der Waals surface area contributed by atoms with Crippen molar-refractivity contribution in [1.82, 2.24) is 9.97 Å². The van der Waals surface area contributed by atoms with E-state index >= 15 is 0 Å². The Morgan fingerprint density at radius 1 is 1.26 bits per heavy atom. The zero-order valence-electron chi connectivity index (χ0n) is 9.74. The summed E-state index contributed by atoms with van der Waals surface area (Å²) in [6.07, 6.45) is 2.83. The molecule has 0 saturated heterocycles. The molecule has 1 heterocycles. The van der Waals surface area contributed by atoms with Gasteiger partial charge in [-0.25, -0.2) is 18.7 Å². The zero-order valence-corrected chi connectivity index (χ0v) is 10.5. The van der Waals surface area contributed by atoms with Crippen molar-refractivity contribution in [2.24, 2.45) is 0 Å². The molecule has 1 aromatic carbocycles. The van der Waals surface area contributed by atoms with Crippen LogP contribution in [0.5, 0.6) is 5.75 Å². The van der Waals surface area contributed by atoms with E-state index < -0.39 is 11.6 Å². The molecule has 19 heavy (non-hydrogen) atoms. The van der Waals surface area contributed by atoms with Gasteiger partial charge in [0.2, 0.25) is 0 Å². The molecule has 0 fully saturated rings. The highest BCUT2D eigenvalue weighted by Crippen LogP contribution is 2.17. The van der Waals surface area contributed by atoms with Gasteiger partial charge in [0, 0.05) is 6.07 Å². The van der Waals surface area contributed by atoms with Crippen LogP contribution in [0.2, 0.25) is 5.02 Å². The van der Waals surface area contributed by atoms with Gasteiger partial charge in [0.15, 0.2) is 11.6 Å². The Balaban J connectivity index is 1.81. The second kappa shape index (κ2) is 6.29. The first-order valence-electron chi connectivity index (χ1n) is 5.44. The van der Waals surface area contributed by atoms with Crippen molar-refractivity contribution in [2.45, 2.75) is 0 Å². The number of anilines is 1. The van der Waals surface area contributed by atoms with E-state index in [1.807, 2.05) is 0 Å². The van der Waals surface area contributed by atoms with Gasteiger partial charge >= 0.3 is 0 Å². The van der Waals surface area contributed by atoms with Gasteiger partial charge in [-0.05, 0) is 12.1 Å². The second-order valence-corrected chi connectivity index (χ2v) is 3.98. The van der Waals surface area contributed by atoms with E-state index in [-0.39, 0.29) is 12.4 Å². The van der Waals surface area contributed by atoms with Crippen molar-refractivity contribution in [3.8, 4) is 5.75 Å². The van der Waals surface area contributed by atoms with Gasteiger partial charge < -0.3 is 10.1 Å². The summed E-state index contributed by atoms with van der Waals surface area (Å²) in [6, 6.07) is 3.36. The van der Waals surface area contributed by atoms with E-state index in [1.165, 1.54) is 18.6 Å². The highest BCUT2D eigenvalue weighted by molar-refractivity contribution is 6.32. The molecule has 4 nitrogen and oxygen atoms in total. The van der Waals surface area contributed by atoms with Crippen molar-refractivity contribution < 1.29 is 13.5 Å². The summed E-state index contributed by atoms with van der Waals surface area (Å²) in [4.78, 5) is 7.68. The molecule has 2 aromatic rings. The molecular formula is C12H10ClF2N3O. The summed E-state index contributed by atoms with van der Waals surface area (Å²) in [5, 5.41) is 3.33. The second-order valence-electron chi connectivity index (χ2n) is 3.57. The normalized spacial score (nSPS) is 10.3. The molecule has 7 heteroatoms. The lowest BCUT2D eigenvalue weighted by Crippen LogP contribution is -2.12. The van der Waals surface area contributed by atoms with Crippen LogP contribution in [-0.2, 0) is 0 Å². The van der Waals surface area contributed by atoms with Crippen molar-refractivity contribution in [3.63, 3.8) is 0 Å². The first-order chi connectivity index (χ1) is 9.16. The summed E-state index contributed by atoms with van der Waals surface area (Å²) in [6.45, 7) is 0.668. The molecule has 0 atom stereocenters. The largest absolute Gasteiger partial charge is 0.492 e. The smallest absolute Gasteiger partial charge is 0.162 e. The van der Waals surface area contributed by atoms with Crippen molar-refractivity contribution in [3.05, 3.63) is 47.4 Å². The van der Waals surface area contributed by atoms with Crippen LogP contribution in [0.15, 0.2) is 30.7 Å². The van der Waals surface area contributed by atoms with Gasteiger partial charge in [-0.2, -0.15) is 0 Å². The summed E-state index contributed by atoms with van der Waals surface area (Å²) in [5.41, 5.74) is 0. The first-order valence-corrected chi connectivity index (χ1v) is 5.82. The maximum atomic E-state index is 12.9. The Kier molecular flexibility index (Phi) is 4.46. The van der Waals surface area contributed by atoms with Crippen LogP contribution in [0.25, 0.3) is 0 Å². The predicted molar refractivity (Wildman–Crippen MR) is 67.4 cm³/mol. The van der Waals surface area contributed by atoms with Crippen molar-refractivity contribution in [1.29, 1.82) is 0 Å². The van der Waals surface area contributed by atoms with Crippen molar-refractivity contribution >= 4 is 17.4 Å². The lowest BCUT2D eigenvalue weighted by atomic mass is 10.3. The lowest BCUT2D eigenvalue weighted by molar-refractivity contribution is 0.329. The van der Waals surface area contributed by atoms with E-state index in [0.29, 0.717) is 17.4 Å². The Bertz CT molecular complexity index is 568. The topological polar surface area (TPSA) is 47.0 Å². The van der Waals surface area contributed by atoms with Crippen LogP contribution in [0, 0.1) is 11.6 Å². The number of nitrogens with zero attached hydrogens (tertiary/aromatic N) is 2. The Morgan fingerprint density at radius 3 is 2.84 bits per heavy atom. The third-order valence-corrected chi connectivity index (χ3v) is 2.50. The minimum atomic E-state index is -0.940. The first kappa shape index (κ1) is 13.5. The van der Waals surface area contributed by atoms with Gasteiger partial charge in [-0.15, -0.1) is 0 Å². The number of aromatic nitrogens is 2. The molecule has 100 valence electrons. The number of halogens is 3. The molecule has 0 amide bonds. The molecule has 1 N–H and O–H groups in total. The molecule has 0 aliphatic carbocycles. The highest BCUT2D eigenvalue weighted by Gasteiger charge is 2.03. The van der Waals surface area contributed by atoms with Crippen LogP contribution >= 0.6 is 11.6 Å². The quantitative estimate of drug-likeness (QED) is 0.858. The average molecular weight is 286 g/mol. The monoisotopic (exact) mass is 285 g/mol. The number of hydrogen-bond acceptors (Lipinski definition) is 4. The van der Waals surface area contributed by atoms with Gasteiger partial charge in [0.25, 0.3) is 0 Å². The lowest BCUT2D eigenvalue weighted by Gasteiger charge is -2.08. The number of hydrogen-bond donors (Lipinski definition) is 1. The number of benzene rings is 1. The molecule has 1 aromatic heterocycles. The Hall–Kier alpha value is -1.95. The summed E-state index contributed by atoms with van der Waals surface area (Å²) in [7, 11) is 0. The molecule has 0 bridgehead atoms. The van der Waals surface area contributed by atoms with Crippen LogP contribution in [0.3, 0.4) is 0 Å². The van der Waals surface area contributed by atoms with Crippen LogP contribution < -0.4 is 10.1 Å². The Morgan fingerprint density at radius 2 is 2.11 bits per heavy atom. The minimum absolute atomic E-state index is 0.255. The third-order valence-electron chi connectivity index (χ3n) is 2.22. The standard InChI is InChI=1S/C12H10ClF2N3O/c13-9-6-16-7-18-12(9)17-3-4-19-8-1-2-10(14)11(15)5-8/h1-2,5-7H,3-4H2,(H,16,17,18). The minimum Gasteiger partial charge on any atom is -0.492 e. The maximum absolute atomic E-state index is 12.9. The molecule has 0 aliphatic rings. The number of nitrogens with one attached hydrogen (secondary N) is 1. The average Bonchev–Trinajstić information content (AvgIpc) is 2.40. The van der Waals surface area contributed by atoms with Gasteiger partial charge in [0.1, 0.15) is 29.5 Å². The third kappa shape index (κ3) is 3.75. The van der Waals surface area contributed by atoms with E-state index in [0.717, 1.165) is 12.1 Å². The van der Waals surface area contributed by atoms with E-state index in [2.05, 4.69) is 15.3 Å². The molecule has 0 radical (unpaired) electrons. The van der Waals surface area contributed by atoms with Crippen LogP contribution in [0.1, 0.15) is 0 Å². The maximum Gasteiger partial charge on any atom is 0.162 e. The predicted octanol–water partition coefficient (Wildman–Crippen LogP) is 2.90. The summed E-state index contributed by atoms with van der Waals surface area (Å²) in [5.74, 6) is -1.09. The zero-order chi connectivity index (χ0) is 13.7. The van der Waals surface area contributed by atoms with Crippen LogP contribution in [-0.4, -0.2) is 23.1 Å². The summed E-state index contributed by atoms with van der Waals surface area (Å²) < 4.78 is 30.8. The fraction of sp³-hybridized carbons (Fsp3) is 0.167.